The number of aromatic nitrogens is 2. The number of hydrogen-bond acceptors (Lipinski definition) is 4. The third kappa shape index (κ3) is 2.48. The molecule has 1 aliphatic heterocycles. The molecule has 1 aromatic rings. The van der Waals surface area contributed by atoms with Gasteiger partial charge in [0.2, 0.25) is 0 Å². The molecule has 1 amide bonds. The van der Waals surface area contributed by atoms with Crippen LogP contribution in [-0.2, 0) is 18.2 Å². The second kappa shape index (κ2) is 5.39. The van der Waals surface area contributed by atoms with Crippen molar-refractivity contribution in [1.29, 1.82) is 0 Å². The van der Waals surface area contributed by atoms with Crippen LogP contribution in [0.4, 0.5) is 5.69 Å². The van der Waals surface area contributed by atoms with E-state index >= 15 is 0 Å². The maximum absolute atomic E-state index is 12.2. The minimum absolute atomic E-state index is 0.0747. The summed E-state index contributed by atoms with van der Waals surface area (Å²) in [5, 5.41) is 7.19. The zero-order chi connectivity index (χ0) is 13.1. The van der Waals surface area contributed by atoms with Crippen LogP contribution in [0.1, 0.15) is 35.9 Å². The summed E-state index contributed by atoms with van der Waals surface area (Å²) >= 11 is 0. The van der Waals surface area contributed by atoms with E-state index in [4.69, 9.17) is 10.5 Å². The molecule has 2 rings (SSSR count). The Kier molecular flexibility index (Phi) is 3.86. The first-order valence-electron chi connectivity index (χ1n) is 6.33. The molecule has 0 bridgehead atoms. The molecule has 2 heterocycles. The zero-order valence-corrected chi connectivity index (χ0v) is 10.9. The average molecular weight is 252 g/mol. The number of carbonyl (C=O) groups is 1. The van der Waals surface area contributed by atoms with Crippen LogP contribution in [0.15, 0.2) is 0 Å². The summed E-state index contributed by atoms with van der Waals surface area (Å²) in [6, 6.07) is 0.0747. The molecule has 1 aromatic heterocycles. The minimum atomic E-state index is -0.169. The monoisotopic (exact) mass is 252 g/mol. The van der Waals surface area contributed by atoms with Crippen molar-refractivity contribution in [3.8, 4) is 0 Å². The van der Waals surface area contributed by atoms with E-state index in [1.807, 2.05) is 6.92 Å². The van der Waals surface area contributed by atoms with Gasteiger partial charge in [-0.1, -0.05) is 6.92 Å². The predicted molar refractivity (Wildman–Crippen MR) is 68.3 cm³/mol. The molecule has 3 N–H and O–H groups in total. The molecule has 6 nitrogen and oxygen atoms in total. The number of rotatable bonds is 3. The molecule has 1 saturated heterocycles. The molecular formula is C12H20N4O2. The van der Waals surface area contributed by atoms with Gasteiger partial charge in [-0.2, -0.15) is 5.10 Å². The van der Waals surface area contributed by atoms with Crippen molar-refractivity contribution >= 4 is 11.6 Å². The summed E-state index contributed by atoms with van der Waals surface area (Å²) in [5.41, 5.74) is 7.63. The maximum Gasteiger partial charge on any atom is 0.271 e. The van der Waals surface area contributed by atoms with Crippen molar-refractivity contribution in [2.75, 3.05) is 18.9 Å². The van der Waals surface area contributed by atoms with E-state index in [9.17, 15) is 4.79 Å². The van der Waals surface area contributed by atoms with Crippen molar-refractivity contribution < 1.29 is 9.53 Å². The second-order valence-corrected chi connectivity index (χ2v) is 4.57. The van der Waals surface area contributed by atoms with Crippen molar-refractivity contribution in [2.24, 2.45) is 7.05 Å². The van der Waals surface area contributed by atoms with E-state index in [1.165, 1.54) is 0 Å². The zero-order valence-electron chi connectivity index (χ0n) is 10.9. The molecule has 1 aliphatic rings. The topological polar surface area (TPSA) is 82.2 Å². The third-order valence-corrected chi connectivity index (χ3v) is 3.21. The SMILES string of the molecule is CCc1nn(C)c(C(=O)NC2CCCOC2)c1N. The highest BCUT2D eigenvalue weighted by Crippen LogP contribution is 2.17. The summed E-state index contributed by atoms with van der Waals surface area (Å²) < 4.78 is 6.89. The number of nitrogens with two attached hydrogens (primary N) is 1. The number of aryl methyl sites for hydroxylation is 2. The molecule has 1 atom stereocenters. The molecule has 0 aliphatic carbocycles. The highest BCUT2D eigenvalue weighted by Gasteiger charge is 2.22. The van der Waals surface area contributed by atoms with Crippen LogP contribution in [-0.4, -0.2) is 34.9 Å². The fraction of sp³-hybridized carbons (Fsp3) is 0.667. The molecule has 6 heteroatoms. The van der Waals surface area contributed by atoms with Gasteiger partial charge >= 0.3 is 0 Å². The maximum atomic E-state index is 12.2. The van der Waals surface area contributed by atoms with Crippen LogP contribution >= 0.6 is 0 Å². The molecule has 1 unspecified atom stereocenters. The first-order valence-corrected chi connectivity index (χ1v) is 6.33. The standard InChI is InChI=1S/C12H20N4O2/c1-3-9-10(13)11(16(2)15-9)12(17)14-8-5-4-6-18-7-8/h8H,3-7,13H2,1-2H3,(H,14,17). The highest BCUT2D eigenvalue weighted by molar-refractivity contribution is 5.98. The number of amides is 1. The Bertz CT molecular complexity index is 436. The molecule has 0 spiro atoms. The van der Waals surface area contributed by atoms with Gasteiger partial charge in [0.05, 0.1) is 24.0 Å². The van der Waals surface area contributed by atoms with Gasteiger partial charge in [-0.3, -0.25) is 9.48 Å². The number of nitrogen functional groups attached to an aromatic ring is 1. The van der Waals surface area contributed by atoms with Gasteiger partial charge in [-0.05, 0) is 19.3 Å². The van der Waals surface area contributed by atoms with Gasteiger partial charge in [0.15, 0.2) is 0 Å². The van der Waals surface area contributed by atoms with Crippen LogP contribution in [0.5, 0.6) is 0 Å². The largest absolute Gasteiger partial charge is 0.395 e. The highest BCUT2D eigenvalue weighted by atomic mass is 16.5. The Labute approximate surface area is 106 Å². The lowest BCUT2D eigenvalue weighted by atomic mass is 10.1. The van der Waals surface area contributed by atoms with E-state index in [1.54, 1.807) is 11.7 Å². The van der Waals surface area contributed by atoms with Gasteiger partial charge in [0.25, 0.3) is 5.91 Å². The van der Waals surface area contributed by atoms with E-state index in [2.05, 4.69) is 10.4 Å². The van der Waals surface area contributed by atoms with Crippen LogP contribution in [0.25, 0.3) is 0 Å². The Hall–Kier alpha value is -1.56. The first kappa shape index (κ1) is 12.9. The third-order valence-electron chi connectivity index (χ3n) is 3.21. The molecule has 0 radical (unpaired) electrons. The Morgan fingerprint density at radius 1 is 1.67 bits per heavy atom. The van der Waals surface area contributed by atoms with E-state index in [0.29, 0.717) is 18.0 Å². The minimum Gasteiger partial charge on any atom is -0.395 e. The molecular weight excluding hydrogens is 232 g/mol. The van der Waals surface area contributed by atoms with E-state index in [0.717, 1.165) is 31.6 Å². The van der Waals surface area contributed by atoms with Crippen LogP contribution < -0.4 is 11.1 Å². The van der Waals surface area contributed by atoms with Crippen molar-refractivity contribution in [2.45, 2.75) is 32.2 Å². The van der Waals surface area contributed by atoms with Gasteiger partial charge in [-0.15, -0.1) is 0 Å². The summed E-state index contributed by atoms with van der Waals surface area (Å²) in [6.07, 6.45) is 2.65. The predicted octanol–water partition coefficient (Wildman–Crippen LogP) is 0.473. The van der Waals surface area contributed by atoms with E-state index < -0.39 is 0 Å². The number of hydrogen-bond donors (Lipinski definition) is 2. The smallest absolute Gasteiger partial charge is 0.271 e. The Morgan fingerprint density at radius 2 is 2.44 bits per heavy atom. The summed E-state index contributed by atoms with van der Waals surface area (Å²) in [7, 11) is 1.74. The van der Waals surface area contributed by atoms with Crippen molar-refractivity contribution in [1.82, 2.24) is 15.1 Å². The molecule has 0 aromatic carbocycles. The molecule has 18 heavy (non-hydrogen) atoms. The Balaban J connectivity index is 2.10. The number of carbonyl (C=O) groups excluding carboxylic acids is 1. The lowest BCUT2D eigenvalue weighted by Crippen LogP contribution is -2.41. The molecule has 0 saturated carbocycles. The van der Waals surface area contributed by atoms with Gasteiger partial charge in [0.1, 0.15) is 5.69 Å². The summed E-state index contributed by atoms with van der Waals surface area (Å²) in [4.78, 5) is 12.2. The molecule has 100 valence electrons. The lowest BCUT2D eigenvalue weighted by Gasteiger charge is -2.23. The second-order valence-electron chi connectivity index (χ2n) is 4.57. The van der Waals surface area contributed by atoms with Crippen molar-refractivity contribution in [3.63, 3.8) is 0 Å². The lowest BCUT2D eigenvalue weighted by molar-refractivity contribution is 0.0620. The van der Waals surface area contributed by atoms with E-state index in [-0.39, 0.29) is 11.9 Å². The summed E-state index contributed by atoms with van der Waals surface area (Å²) in [6.45, 7) is 3.32. The van der Waals surface area contributed by atoms with Gasteiger partial charge < -0.3 is 15.8 Å². The average Bonchev–Trinajstić information content (AvgIpc) is 2.65. The summed E-state index contributed by atoms with van der Waals surface area (Å²) in [5.74, 6) is -0.169. The molecule has 1 fully saturated rings. The van der Waals surface area contributed by atoms with Crippen molar-refractivity contribution in [3.05, 3.63) is 11.4 Å². The number of nitrogens with zero attached hydrogens (tertiary/aromatic N) is 2. The van der Waals surface area contributed by atoms with Crippen LogP contribution in [0.2, 0.25) is 0 Å². The fourth-order valence-electron chi connectivity index (χ4n) is 2.23. The van der Waals surface area contributed by atoms with Crippen LogP contribution in [0, 0.1) is 0 Å². The normalized spacial score (nSPS) is 19.8. The van der Waals surface area contributed by atoms with Gasteiger partial charge in [0, 0.05) is 13.7 Å². The number of anilines is 1. The number of nitrogens with one attached hydrogen (secondary N) is 1. The first-order chi connectivity index (χ1) is 8.63. The number of ether oxygens (including phenoxy) is 1. The van der Waals surface area contributed by atoms with Gasteiger partial charge in [-0.25, -0.2) is 0 Å². The van der Waals surface area contributed by atoms with Crippen LogP contribution in [0.3, 0.4) is 0 Å². The quantitative estimate of drug-likeness (QED) is 0.819. The Morgan fingerprint density at radius 3 is 3.00 bits per heavy atom. The fourth-order valence-corrected chi connectivity index (χ4v) is 2.23.